The van der Waals surface area contributed by atoms with Crippen molar-refractivity contribution in [2.75, 3.05) is 11.9 Å². The summed E-state index contributed by atoms with van der Waals surface area (Å²) in [4.78, 5) is 24.6. The van der Waals surface area contributed by atoms with Crippen LogP contribution in [-0.2, 0) is 11.3 Å². The van der Waals surface area contributed by atoms with Crippen LogP contribution in [-0.4, -0.2) is 41.2 Å². The molecule has 0 saturated heterocycles. The first-order chi connectivity index (χ1) is 20.6. The molecule has 12 heteroatoms. The van der Waals surface area contributed by atoms with Gasteiger partial charge in [0.1, 0.15) is 23.0 Å². The van der Waals surface area contributed by atoms with Crippen LogP contribution in [0.2, 0.25) is 0 Å². The number of ether oxygens (including phenoxy) is 2. The van der Waals surface area contributed by atoms with Gasteiger partial charge in [-0.15, -0.1) is 13.2 Å². The van der Waals surface area contributed by atoms with Crippen LogP contribution in [0.25, 0.3) is 11.3 Å². The molecule has 228 valence electrons. The second kappa shape index (κ2) is 11.6. The predicted molar refractivity (Wildman–Crippen MR) is 149 cm³/mol. The molecule has 2 bridgehead atoms. The minimum Gasteiger partial charge on any atom is -0.492 e. The molecule has 4 saturated carbocycles. The van der Waals surface area contributed by atoms with Gasteiger partial charge in [-0.3, -0.25) is 4.79 Å². The molecule has 2 unspecified atom stereocenters. The van der Waals surface area contributed by atoms with E-state index < -0.39 is 12.3 Å². The van der Waals surface area contributed by atoms with E-state index in [1.807, 2.05) is 0 Å². The number of hydrogen-bond acceptors (Lipinski definition) is 7. The Hall–Kier alpha value is -4.06. The summed E-state index contributed by atoms with van der Waals surface area (Å²) < 4.78 is 54.8. The summed E-state index contributed by atoms with van der Waals surface area (Å²) in [6, 6.07) is 10.5. The number of para-hydroxylation sites is 1. The number of carbonyl (C=O) groups excluding carboxylic acids is 1. The number of carbonyl (C=O) groups is 2. The first kappa shape index (κ1) is 29.0. The molecule has 2 atom stereocenters. The van der Waals surface area contributed by atoms with Crippen LogP contribution in [0.4, 0.5) is 18.9 Å². The van der Waals surface area contributed by atoms with E-state index in [-0.39, 0.29) is 52.5 Å². The largest absolute Gasteiger partial charge is 0.573 e. The molecule has 0 aliphatic heterocycles. The summed E-state index contributed by atoms with van der Waals surface area (Å²) in [5, 5.41) is 20.0. The number of benzene rings is 2. The highest BCUT2D eigenvalue weighted by Crippen LogP contribution is 2.52. The smallest absolute Gasteiger partial charge is 0.492 e. The van der Waals surface area contributed by atoms with Crippen molar-refractivity contribution < 1.29 is 41.9 Å². The van der Waals surface area contributed by atoms with Gasteiger partial charge in [0, 0.05) is 35.5 Å². The van der Waals surface area contributed by atoms with Crippen LogP contribution in [0.15, 0.2) is 47.0 Å². The van der Waals surface area contributed by atoms with Crippen molar-refractivity contribution >= 4 is 17.6 Å². The molecule has 3 aromatic rings. The Bertz CT molecular complexity index is 1510. The third-order valence-corrected chi connectivity index (χ3v) is 8.59. The molecule has 0 spiro atoms. The molecule has 9 nitrogen and oxygen atoms in total. The summed E-state index contributed by atoms with van der Waals surface area (Å²) in [5.74, 6) is -0.107. The molecular weight excluding hydrogens is 567 g/mol. The Kier molecular flexibility index (Phi) is 7.80. The van der Waals surface area contributed by atoms with Crippen LogP contribution >= 0.6 is 0 Å². The van der Waals surface area contributed by atoms with E-state index in [2.05, 4.69) is 20.5 Å². The molecule has 2 aromatic carbocycles. The Morgan fingerprint density at radius 3 is 2.49 bits per heavy atom. The van der Waals surface area contributed by atoms with Gasteiger partial charge in [-0.05, 0) is 81.2 Å². The number of aromatic carboxylic acids is 1. The Morgan fingerprint density at radius 2 is 1.81 bits per heavy atom. The van der Waals surface area contributed by atoms with E-state index in [0.29, 0.717) is 36.0 Å². The summed E-state index contributed by atoms with van der Waals surface area (Å²) in [6.07, 6.45) is -0.458. The van der Waals surface area contributed by atoms with Crippen LogP contribution in [0.1, 0.15) is 66.6 Å². The summed E-state index contributed by atoms with van der Waals surface area (Å²) in [5.41, 5.74) is 1.82. The number of fused-ring (bicyclic) bond motifs is 2. The SMILES string of the molecule is CCOc1cc(C(=O)O)ccc1NC(=O)C1C2CC(NCc3c(-c4ccccc4OC(F)(F)F)noc3C3CC3)CC1C2. The van der Waals surface area contributed by atoms with E-state index in [1.165, 1.54) is 24.3 Å². The fraction of sp³-hybridized carbons (Fsp3) is 0.452. The van der Waals surface area contributed by atoms with Gasteiger partial charge >= 0.3 is 12.3 Å². The topological polar surface area (TPSA) is 123 Å². The van der Waals surface area contributed by atoms with Gasteiger partial charge in [0.15, 0.2) is 0 Å². The highest BCUT2D eigenvalue weighted by atomic mass is 19.4. The van der Waals surface area contributed by atoms with Gasteiger partial charge in [0.2, 0.25) is 5.91 Å². The maximum absolute atomic E-state index is 13.3. The average molecular weight is 600 g/mol. The lowest BCUT2D eigenvalue weighted by Gasteiger charge is -2.51. The van der Waals surface area contributed by atoms with E-state index in [4.69, 9.17) is 9.26 Å². The van der Waals surface area contributed by atoms with Gasteiger partial charge in [-0.1, -0.05) is 17.3 Å². The highest BCUT2D eigenvalue weighted by molar-refractivity contribution is 5.96. The van der Waals surface area contributed by atoms with Gasteiger partial charge in [-0.2, -0.15) is 0 Å². The van der Waals surface area contributed by atoms with E-state index >= 15 is 0 Å². The molecule has 4 aliphatic rings. The Labute approximate surface area is 245 Å². The van der Waals surface area contributed by atoms with Crippen molar-refractivity contribution in [1.29, 1.82) is 0 Å². The summed E-state index contributed by atoms with van der Waals surface area (Å²) in [6.45, 7) is 2.48. The molecule has 4 fully saturated rings. The zero-order valence-corrected chi connectivity index (χ0v) is 23.4. The number of carboxylic acid groups (broad SMARTS) is 1. The number of rotatable bonds is 11. The second-order valence-corrected chi connectivity index (χ2v) is 11.5. The summed E-state index contributed by atoms with van der Waals surface area (Å²) in [7, 11) is 0. The number of nitrogens with zero attached hydrogens (tertiary/aromatic N) is 1. The number of halogens is 3. The number of alkyl halides is 3. The van der Waals surface area contributed by atoms with Crippen molar-refractivity contribution in [3.8, 4) is 22.8 Å². The van der Waals surface area contributed by atoms with Crippen LogP contribution < -0.4 is 20.1 Å². The number of amides is 1. The monoisotopic (exact) mass is 599 g/mol. The van der Waals surface area contributed by atoms with E-state index in [1.54, 1.807) is 25.1 Å². The van der Waals surface area contributed by atoms with Crippen molar-refractivity contribution in [1.82, 2.24) is 10.5 Å². The lowest BCUT2D eigenvalue weighted by molar-refractivity contribution is -0.274. The molecule has 0 radical (unpaired) electrons. The van der Waals surface area contributed by atoms with Crippen LogP contribution in [0.5, 0.6) is 11.5 Å². The maximum atomic E-state index is 13.3. The fourth-order valence-corrected chi connectivity index (χ4v) is 6.52. The van der Waals surface area contributed by atoms with E-state index in [9.17, 15) is 27.9 Å². The summed E-state index contributed by atoms with van der Waals surface area (Å²) >= 11 is 0. The lowest BCUT2D eigenvalue weighted by Crippen LogP contribution is -2.54. The lowest BCUT2D eigenvalue weighted by atomic mass is 9.55. The zero-order chi connectivity index (χ0) is 30.3. The van der Waals surface area contributed by atoms with Gasteiger partial charge in [-0.25, -0.2) is 4.79 Å². The molecule has 1 heterocycles. The van der Waals surface area contributed by atoms with Gasteiger partial charge in [0.25, 0.3) is 0 Å². The third kappa shape index (κ3) is 6.20. The number of hydrogen-bond donors (Lipinski definition) is 3. The first-order valence-corrected chi connectivity index (χ1v) is 14.5. The quantitative estimate of drug-likeness (QED) is 0.233. The van der Waals surface area contributed by atoms with Crippen LogP contribution in [0.3, 0.4) is 0 Å². The predicted octanol–water partition coefficient (Wildman–Crippen LogP) is 6.36. The molecule has 7 rings (SSSR count). The van der Waals surface area contributed by atoms with Crippen molar-refractivity contribution in [2.45, 2.75) is 63.9 Å². The Balaban J connectivity index is 1.12. The number of anilines is 1. The maximum Gasteiger partial charge on any atom is 0.573 e. The average Bonchev–Trinajstić information content (AvgIpc) is 3.71. The number of carboxylic acids is 1. The number of aromatic nitrogens is 1. The zero-order valence-electron chi connectivity index (χ0n) is 23.4. The minimum absolute atomic E-state index is 0.0769. The highest BCUT2D eigenvalue weighted by Gasteiger charge is 2.50. The normalized spacial score (nSPS) is 22.9. The van der Waals surface area contributed by atoms with Crippen molar-refractivity contribution in [3.63, 3.8) is 0 Å². The fourth-order valence-electron chi connectivity index (χ4n) is 6.52. The third-order valence-electron chi connectivity index (χ3n) is 8.59. The van der Waals surface area contributed by atoms with Gasteiger partial charge in [0.05, 0.1) is 17.9 Å². The molecule has 43 heavy (non-hydrogen) atoms. The van der Waals surface area contributed by atoms with Crippen LogP contribution in [0, 0.1) is 17.8 Å². The van der Waals surface area contributed by atoms with Crippen molar-refractivity contribution in [2.24, 2.45) is 17.8 Å². The first-order valence-electron chi connectivity index (χ1n) is 14.5. The number of nitrogens with one attached hydrogen (secondary N) is 2. The Morgan fingerprint density at radius 1 is 1.07 bits per heavy atom. The molecule has 1 amide bonds. The minimum atomic E-state index is -4.84. The molecule has 3 N–H and O–H groups in total. The second-order valence-electron chi connectivity index (χ2n) is 11.5. The van der Waals surface area contributed by atoms with E-state index in [0.717, 1.165) is 37.7 Å². The molecule has 1 aromatic heterocycles. The molecule has 4 aliphatic carbocycles. The standard InChI is InChI=1S/C31H32F3N3O6/c1-2-41-25-14-17(30(39)40)9-10-23(25)36-29(38)26-18-11-19(26)13-20(12-18)35-15-22-27(37-43-28(22)16-7-8-16)21-5-3-4-6-24(21)42-31(32,33)34/h3-6,9-10,14,16,18-20,26,35H,2,7-8,11-13,15H2,1H3,(H,36,38)(H,39,40). The molecular formula is C31H32F3N3O6. The van der Waals surface area contributed by atoms with Gasteiger partial charge < -0.3 is 29.7 Å². The van der Waals surface area contributed by atoms with Crippen molar-refractivity contribution in [3.05, 3.63) is 59.4 Å².